The summed E-state index contributed by atoms with van der Waals surface area (Å²) < 4.78 is 18.1. The molecular weight excluding hydrogens is 174 g/mol. The first-order valence-electron chi connectivity index (χ1n) is 1.52. The summed E-state index contributed by atoms with van der Waals surface area (Å²) in [6, 6.07) is 0. The van der Waals surface area contributed by atoms with Crippen molar-refractivity contribution in [1.29, 1.82) is 0 Å². The van der Waals surface area contributed by atoms with Crippen LogP contribution < -0.4 is 0 Å². The van der Waals surface area contributed by atoms with E-state index in [1.54, 1.807) is 0 Å². The molecule has 0 aliphatic heterocycles. The Kier molecular flexibility index (Phi) is 3.69. The van der Waals surface area contributed by atoms with Gasteiger partial charge in [0.2, 0.25) is 0 Å². The fourth-order valence-corrected chi connectivity index (χ4v) is 0.795. The Morgan fingerprint density at radius 2 is 1.88 bits per heavy atom. The summed E-state index contributed by atoms with van der Waals surface area (Å²) in [5, 5.41) is 0. The molecule has 0 rings (SSSR count). The maximum Gasteiger partial charge on any atom is 0.386 e. The maximum absolute atomic E-state index is 10.5. The van der Waals surface area contributed by atoms with E-state index in [0.29, 0.717) is 0 Å². The molecule has 0 bridgehead atoms. The average molecular weight is 177 g/mol. The van der Waals surface area contributed by atoms with E-state index < -0.39 is 7.60 Å². The number of rotatable bonds is 3. The van der Waals surface area contributed by atoms with Gasteiger partial charge in [-0.1, -0.05) is 6.58 Å². The van der Waals surface area contributed by atoms with Crippen LogP contribution >= 0.6 is 31.3 Å². The predicted molar refractivity (Wildman–Crippen MR) is 31.7 cm³/mol. The lowest BCUT2D eigenvalue weighted by Crippen LogP contribution is -1.71. The molecule has 0 aromatic carbocycles. The number of hydrogen-bond acceptors (Lipinski definition) is 3. The molecule has 0 saturated heterocycles. The maximum atomic E-state index is 10.5. The lowest BCUT2D eigenvalue weighted by Gasteiger charge is -1.99. The van der Waals surface area contributed by atoms with Gasteiger partial charge in [0.15, 0.2) is 0 Å². The minimum absolute atomic E-state index is 0.896. The number of halogens is 2. The van der Waals surface area contributed by atoms with E-state index in [4.69, 9.17) is 0 Å². The first-order chi connectivity index (χ1) is 3.68. The Hall–Kier alpha value is 0.470. The standard InChI is InChI=1S/C2H3Cl2O3P/c1-2-8(5,6-3)7-4/h2H,1H2. The summed E-state index contributed by atoms with van der Waals surface area (Å²) in [6.07, 6.45) is 0. The molecule has 0 amide bonds. The van der Waals surface area contributed by atoms with Crippen LogP contribution in [0.25, 0.3) is 0 Å². The third-order valence-electron chi connectivity index (χ3n) is 0.416. The van der Waals surface area contributed by atoms with Crippen molar-refractivity contribution in [3.63, 3.8) is 0 Å². The van der Waals surface area contributed by atoms with Crippen LogP contribution in [-0.2, 0) is 12.7 Å². The van der Waals surface area contributed by atoms with E-state index in [1.165, 1.54) is 0 Å². The molecule has 0 radical (unpaired) electrons. The smallest absolute Gasteiger partial charge is 0.252 e. The van der Waals surface area contributed by atoms with Crippen molar-refractivity contribution in [2.45, 2.75) is 0 Å². The van der Waals surface area contributed by atoms with E-state index in [9.17, 15) is 4.57 Å². The van der Waals surface area contributed by atoms with Crippen LogP contribution in [0.3, 0.4) is 0 Å². The fraction of sp³-hybridized carbons (Fsp3) is 0. The zero-order chi connectivity index (χ0) is 6.62. The minimum atomic E-state index is -3.37. The van der Waals surface area contributed by atoms with Gasteiger partial charge in [0.05, 0.1) is 23.7 Å². The van der Waals surface area contributed by atoms with Gasteiger partial charge in [0, 0.05) is 5.82 Å². The summed E-state index contributed by atoms with van der Waals surface area (Å²) in [5.74, 6) is 0.896. The van der Waals surface area contributed by atoms with Crippen LogP contribution in [0.4, 0.5) is 0 Å². The Bertz CT molecular complexity index is 116. The van der Waals surface area contributed by atoms with Crippen molar-refractivity contribution in [2.24, 2.45) is 0 Å². The van der Waals surface area contributed by atoms with Crippen LogP contribution in [0.15, 0.2) is 12.4 Å². The zero-order valence-corrected chi connectivity index (χ0v) is 6.12. The Balaban J connectivity index is 3.99. The first kappa shape index (κ1) is 8.47. The van der Waals surface area contributed by atoms with Gasteiger partial charge in [0.1, 0.15) is 0 Å². The lowest BCUT2D eigenvalue weighted by atomic mass is 11.3. The summed E-state index contributed by atoms with van der Waals surface area (Å²) in [6.45, 7) is 3.09. The highest BCUT2D eigenvalue weighted by Gasteiger charge is 2.17. The van der Waals surface area contributed by atoms with Crippen LogP contribution in [0, 0.1) is 0 Å². The molecule has 0 N–H and O–H groups in total. The second-order valence-corrected chi connectivity index (χ2v) is 3.41. The fourth-order valence-electron chi connectivity index (χ4n) is 0.0670. The van der Waals surface area contributed by atoms with Gasteiger partial charge >= 0.3 is 7.60 Å². The summed E-state index contributed by atoms with van der Waals surface area (Å²) in [7, 11) is -3.37. The molecule has 48 valence electrons. The largest absolute Gasteiger partial charge is 0.386 e. The summed E-state index contributed by atoms with van der Waals surface area (Å²) >= 11 is 9.33. The van der Waals surface area contributed by atoms with Gasteiger partial charge in [-0.25, -0.2) is 0 Å². The lowest BCUT2D eigenvalue weighted by molar-refractivity contribution is 0.429. The van der Waals surface area contributed by atoms with Crippen molar-refractivity contribution >= 4 is 31.3 Å². The summed E-state index contributed by atoms with van der Waals surface area (Å²) in [5.41, 5.74) is 0. The molecule has 8 heavy (non-hydrogen) atoms. The average Bonchev–Trinajstić information content (AvgIpc) is 1.87. The molecule has 0 fully saturated rings. The van der Waals surface area contributed by atoms with Gasteiger partial charge in [-0.15, -0.1) is 0 Å². The second-order valence-electron chi connectivity index (χ2n) is 0.860. The van der Waals surface area contributed by atoms with Gasteiger partial charge in [-0.3, -0.25) is 4.57 Å². The van der Waals surface area contributed by atoms with Crippen molar-refractivity contribution in [2.75, 3.05) is 0 Å². The van der Waals surface area contributed by atoms with E-state index in [1.807, 2.05) is 0 Å². The van der Waals surface area contributed by atoms with Gasteiger partial charge in [-0.2, -0.15) is 8.15 Å². The Morgan fingerprint density at radius 1 is 1.50 bits per heavy atom. The monoisotopic (exact) mass is 176 g/mol. The molecule has 3 nitrogen and oxygen atoms in total. The topological polar surface area (TPSA) is 35.5 Å². The van der Waals surface area contributed by atoms with Crippen LogP contribution in [0.2, 0.25) is 0 Å². The molecular formula is C2H3Cl2O3P. The molecule has 0 aromatic rings. The molecule has 0 heterocycles. The normalized spacial score (nSPS) is 11.2. The van der Waals surface area contributed by atoms with E-state index in [0.717, 1.165) is 5.82 Å². The summed E-state index contributed by atoms with van der Waals surface area (Å²) in [4.78, 5) is 0. The van der Waals surface area contributed by atoms with Gasteiger partial charge in [0.25, 0.3) is 0 Å². The molecule has 0 atom stereocenters. The molecule has 0 unspecified atom stereocenters. The van der Waals surface area contributed by atoms with Crippen molar-refractivity contribution in [3.05, 3.63) is 12.4 Å². The van der Waals surface area contributed by atoms with Crippen molar-refractivity contribution in [3.8, 4) is 0 Å². The van der Waals surface area contributed by atoms with E-state index in [2.05, 4.69) is 38.5 Å². The van der Waals surface area contributed by atoms with Crippen LogP contribution in [0.1, 0.15) is 0 Å². The second kappa shape index (κ2) is 3.49. The molecule has 0 aliphatic carbocycles. The minimum Gasteiger partial charge on any atom is -0.252 e. The third kappa shape index (κ3) is 2.16. The highest BCUT2D eigenvalue weighted by molar-refractivity contribution is 7.58. The van der Waals surface area contributed by atoms with Crippen molar-refractivity contribution in [1.82, 2.24) is 0 Å². The number of hydrogen-bond donors (Lipinski definition) is 0. The highest BCUT2D eigenvalue weighted by atomic mass is 35.5. The molecule has 6 heteroatoms. The highest BCUT2D eigenvalue weighted by Crippen LogP contribution is 2.51. The van der Waals surface area contributed by atoms with E-state index in [-0.39, 0.29) is 0 Å². The van der Waals surface area contributed by atoms with Crippen LogP contribution in [-0.4, -0.2) is 0 Å². The molecule has 0 aliphatic rings. The van der Waals surface area contributed by atoms with Gasteiger partial charge < -0.3 is 0 Å². The molecule has 0 aromatic heterocycles. The zero-order valence-electron chi connectivity index (χ0n) is 3.71. The Morgan fingerprint density at radius 3 is 1.88 bits per heavy atom. The SMILES string of the molecule is C=CP(=O)(OCl)OCl. The quantitative estimate of drug-likeness (QED) is 0.621. The third-order valence-corrected chi connectivity index (χ3v) is 2.40. The Labute approximate surface area is 57.1 Å². The van der Waals surface area contributed by atoms with E-state index >= 15 is 0 Å². The van der Waals surface area contributed by atoms with Crippen LogP contribution in [0.5, 0.6) is 0 Å². The predicted octanol–water partition coefficient (Wildman–Crippen LogP) is 2.66. The first-order valence-corrected chi connectivity index (χ1v) is 3.75. The molecule has 0 saturated carbocycles. The van der Waals surface area contributed by atoms with Crippen molar-refractivity contribution < 1.29 is 12.7 Å². The molecule has 0 spiro atoms. The van der Waals surface area contributed by atoms with Gasteiger partial charge in [-0.05, 0) is 0 Å².